The number of benzene rings is 3. The Balaban J connectivity index is 1.50. The molecule has 2 N–H and O–H groups in total. The van der Waals surface area contributed by atoms with E-state index in [1.165, 1.54) is 36.0 Å². The van der Waals surface area contributed by atoms with Gasteiger partial charge in [-0.1, -0.05) is 36.0 Å². The number of hydrogen-bond donors (Lipinski definition) is 2. The number of aryl methyl sites for hydroxylation is 3. The Morgan fingerprint density at radius 2 is 1.71 bits per heavy atom. The second-order valence-electron chi connectivity index (χ2n) is 8.72. The number of carbonyl (C=O) groups excluding carboxylic acids is 2. The molecule has 38 heavy (non-hydrogen) atoms. The van der Waals surface area contributed by atoms with Gasteiger partial charge in [-0.25, -0.2) is 0 Å². The first-order chi connectivity index (χ1) is 18.2. The highest BCUT2D eigenvalue weighted by atomic mass is 32.2. The fourth-order valence-corrected chi connectivity index (χ4v) is 4.49. The second kappa shape index (κ2) is 11.7. The largest absolute Gasteiger partial charge is 0.345 e. The van der Waals surface area contributed by atoms with Gasteiger partial charge in [0.05, 0.1) is 17.2 Å². The Hall–Kier alpha value is -4.51. The van der Waals surface area contributed by atoms with Crippen LogP contribution < -0.4 is 10.6 Å². The first kappa shape index (κ1) is 26.6. The molecule has 0 fully saturated rings. The van der Waals surface area contributed by atoms with Gasteiger partial charge in [0.2, 0.25) is 5.91 Å². The first-order valence-electron chi connectivity index (χ1n) is 11.7. The minimum Gasteiger partial charge on any atom is -0.345 e. The molecule has 2 amide bonds. The summed E-state index contributed by atoms with van der Waals surface area (Å²) in [6, 6.07) is 19.0. The summed E-state index contributed by atoms with van der Waals surface area (Å²) >= 11 is 1.24. The van der Waals surface area contributed by atoms with Crippen LogP contribution in [0.25, 0.3) is 5.69 Å². The Morgan fingerprint density at radius 1 is 0.974 bits per heavy atom. The van der Waals surface area contributed by atoms with Crippen LogP contribution in [0.1, 0.15) is 32.9 Å². The van der Waals surface area contributed by atoms with E-state index in [4.69, 9.17) is 0 Å². The molecular formula is C27H26N6O4S. The number of non-ortho nitro benzene ring substituents is 1. The predicted molar refractivity (Wildman–Crippen MR) is 146 cm³/mol. The number of aromatic nitrogens is 3. The summed E-state index contributed by atoms with van der Waals surface area (Å²) in [4.78, 5) is 35.7. The molecule has 0 saturated carbocycles. The van der Waals surface area contributed by atoms with Gasteiger partial charge in [-0.15, -0.1) is 10.2 Å². The normalized spacial score (nSPS) is 10.7. The lowest BCUT2D eigenvalue weighted by atomic mass is 10.1. The van der Waals surface area contributed by atoms with E-state index >= 15 is 0 Å². The molecule has 4 rings (SSSR count). The summed E-state index contributed by atoms with van der Waals surface area (Å²) in [5, 5.41) is 25.7. The summed E-state index contributed by atoms with van der Waals surface area (Å²) < 4.78 is 1.80. The molecule has 1 aromatic heterocycles. The average molecular weight is 531 g/mol. The Labute approximate surface area is 223 Å². The predicted octanol–water partition coefficient (Wildman–Crippen LogP) is 4.76. The van der Waals surface area contributed by atoms with Crippen LogP contribution in [-0.2, 0) is 11.3 Å². The Bertz CT molecular complexity index is 1500. The van der Waals surface area contributed by atoms with E-state index in [1.54, 1.807) is 4.57 Å². The van der Waals surface area contributed by atoms with Gasteiger partial charge < -0.3 is 10.6 Å². The van der Waals surface area contributed by atoms with Crippen molar-refractivity contribution in [3.8, 4) is 5.69 Å². The van der Waals surface area contributed by atoms with Crippen LogP contribution in [0.15, 0.2) is 71.9 Å². The van der Waals surface area contributed by atoms with Crippen molar-refractivity contribution in [2.75, 3.05) is 11.1 Å². The second-order valence-corrected chi connectivity index (χ2v) is 9.66. The fourth-order valence-electron chi connectivity index (χ4n) is 3.72. The SMILES string of the molecule is Cc1cccc(-n2c(CNC(=O)c3ccc([N+](=O)[O-])cc3)nnc2SCC(=O)Nc2cc(C)ccc2C)c1. The molecule has 0 spiro atoms. The number of hydrogen-bond acceptors (Lipinski definition) is 7. The molecule has 0 radical (unpaired) electrons. The van der Waals surface area contributed by atoms with Crippen LogP contribution in [0.3, 0.4) is 0 Å². The highest BCUT2D eigenvalue weighted by Gasteiger charge is 2.18. The van der Waals surface area contributed by atoms with Crippen molar-refractivity contribution in [2.24, 2.45) is 0 Å². The summed E-state index contributed by atoms with van der Waals surface area (Å²) in [7, 11) is 0. The summed E-state index contributed by atoms with van der Waals surface area (Å²) in [6.45, 7) is 5.93. The van der Waals surface area contributed by atoms with Crippen molar-refractivity contribution < 1.29 is 14.5 Å². The van der Waals surface area contributed by atoms with Crippen molar-refractivity contribution in [1.82, 2.24) is 20.1 Å². The molecule has 3 aromatic carbocycles. The van der Waals surface area contributed by atoms with Crippen LogP contribution in [-0.4, -0.2) is 37.3 Å². The smallest absolute Gasteiger partial charge is 0.269 e. The molecule has 0 aliphatic heterocycles. The third-order valence-corrected chi connectivity index (χ3v) is 6.64. The standard InChI is InChI=1S/C27H26N6O4S/c1-17-5-4-6-22(13-17)32-24(15-28-26(35)20-9-11-21(12-10-20)33(36)37)30-31-27(32)38-16-25(34)29-23-14-18(2)7-8-19(23)3/h4-14H,15-16H2,1-3H3,(H,28,35)(H,29,34). The monoisotopic (exact) mass is 530 g/mol. The number of nitrogens with zero attached hydrogens (tertiary/aromatic N) is 4. The molecule has 0 aliphatic carbocycles. The van der Waals surface area contributed by atoms with Gasteiger partial charge in [0, 0.05) is 29.1 Å². The van der Waals surface area contributed by atoms with E-state index < -0.39 is 10.8 Å². The first-order valence-corrected chi connectivity index (χ1v) is 12.7. The number of carbonyl (C=O) groups is 2. The number of thioether (sulfide) groups is 1. The number of rotatable bonds is 9. The van der Waals surface area contributed by atoms with Gasteiger partial charge in [0.25, 0.3) is 11.6 Å². The minimum absolute atomic E-state index is 0.0615. The number of nitrogens with one attached hydrogen (secondary N) is 2. The molecule has 0 atom stereocenters. The molecule has 0 saturated heterocycles. The van der Waals surface area contributed by atoms with Gasteiger partial charge >= 0.3 is 0 Å². The van der Waals surface area contributed by atoms with Crippen LogP contribution in [0.2, 0.25) is 0 Å². The lowest BCUT2D eigenvalue weighted by Gasteiger charge is -2.12. The van der Waals surface area contributed by atoms with Gasteiger partial charge in [-0.3, -0.25) is 24.3 Å². The van der Waals surface area contributed by atoms with Crippen LogP contribution in [0.5, 0.6) is 0 Å². The highest BCUT2D eigenvalue weighted by Crippen LogP contribution is 2.24. The molecule has 11 heteroatoms. The lowest BCUT2D eigenvalue weighted by molar-refractivity contribution is -0.384. The summed E-state index contributed by atoms with van der Waals surface area (Å²) in [6.07, 6.45) is 0. The zero-order valence-electron chi connectivity index (χ0n) is 21.1. The maximum Gasteiger partial charge on any atom is 0.269 e. The molecular weight excluding hydrogens is 504 g/mol. The van der Waals surface area contributed by atoms with Gasteiger partial charge in [-0.05, 0) is 67.8 Å². The summed E-state index contributed by atoms with van der Waals surface area (Å²) in [5.74, 6) is 0.0200. The van der Waals surface area contributed by atoms with E-state index in [0.29, 0.717) is 11.0 Å². The van der Waals surface area contributed by atoms with Crippen molar-refractivity contribution in [3.63, 3.8) is 0 Å². The molecule has 0 bridgehead atoms. The van der Waals surface area contributed by atoms with Crippen LogP contribution >= 0.6 is 11.8 Å². The van der Waals surface area contributed by atoms with E-state index in [9.17, 15) is 19.7 Å². The van der Waals surface area contributed by atoms with E-state index in [0.717, 1.165) is 28.1 Å². The number of nitro groups is 1. The van der Waals surface area contributed by atoms with Gasteiger partial charge in [0.1, 0.15) is 0 Å². The molecule has 4 aromatic rings. The highest BCUT2D eigenvalue weighted by molar-refractivity contribution is 7.99. The Morgan fingerprint density at radius 3 is 2.42 bits per heavy atom. The molecule has 10 nitrogen and oxygen atoms in total. The maximum atomic E-state index is 12.7. The van der Waals surface area contributed by atoms with Crippen molar-refractivity contribution >= 4 is 35.0 Å². The third kappa shape index (κ3) is 6.43. The zero-order chi connectivity index (χ0) is 27.2. The quantitative estimate of drug-likeness (QED) is 0.181. The fraction of sp³-hybridized carbons (Fsp3) is 0.185. The van der Waals surface area contributed by atoms with Gasteiger partial charge in [0.15, 0.2) is 11.0 Å². The van der Waals surface area contributed by atoms with E-state index in [-0.39, 0.29) is 29.5 Å². The lowest BCUT2D eigenvalue weighted by Crippen LogP contribution is -2.24. The van der Waals surface area contributed by atoms with E-state index in [1.807, 2.05) is 63.2 Å². The maximum absolute atomic E-state index is 12.7. The molecule has 0 aliphatic rings. The molecule has 194 valence electrons. The number of nitro benzene ring substituents is 1. The zero-order valence-corrected chi connectivity index (χ0v) is 21.9. The van der Waals surface area contributed by atoms with Crippen LogP contribution in [0, 0.1) is 30.9 Å². The third-order valence-electron chi connectivity index (χ3n) is 5.71. The van der Waals surface area contributed by atoms with Crippen molar-refractivity contribution in [2.45, 2.75) is 32.5 Å². The average Bonchev–Trinajstić information content (AvgIpc) is 3.31. The Kier molecular flexibility index (Phi) is 8.17. The molecule has 0 unspecified atom stereocenters. The molecule has 1 heterocycles. The van der Waals surface area contributed by atoms with E-state index in [2.05, 4.69) is 20.8 Å². The number of anilines is 1. The van der Waals surface area contributed by atoms with Crippen LogP contribution in [0.4, 0.5) is 11.4 Å². The summed E-state index contributed by atoms with van der Waals surface area (Å²) in [5.41, 5.74) is 4.82. The number of amides is 2. The topological polar surface area (TPSA) is 132 Å². The van der Waals surface area contributed by atoms with Gasteiger partial charge in [-0.2, -0.15) is 0 Å². The van der Waals surface area contributed by atoms with Crippen molar-refractivity contribution in [3.05, 3.63) is 105 Å². The van der Waals surface area contributed by atoms with Crippen molar-refractivity contribution in [1.29, 1.82) is 0 Å². The minimum atomic E-state index is -0.520.